The van der Waals surface area contributed by atoms with E-state index in [1.165, 1.54) is 37.0 Å². The smallest absolute Gasteiger partial charge is 0.0972 e. The molecule has 0 amide bonds. The molecule has 0 heterocycles. The van der Waals surface area contributed by atoms with E-state index in [2.05, 4.69) is 35.7 Å². The van der Waals surface area contributed by atoms with Crippen molar-refractivity contribution < 1.29 is 0 Å². The van der Waals surface area contributed by atoms with Crippen molar-refractivity contribution in [1.29, 1.82) is 0 Å². The Morgan fingerprint density at radius 2 is 1.85 bits per heavy atom. The van der Waals surface area contributed by atoms with Gasteiger partial charge in [-0.15, -0.1) is 11.8 Å². The van der Waals surface area contributed by atoms with Gasteiger partial charge < -0.3 is 0 Å². The molecule has 26 heavy (non-hydrogen) atoms. The monoisotopic (exact) mass is 401 g/mol. The van der Waals surface area contributed by atoms with Crippen molar-refractivity contribution in [3.8, 4) is 0 Å². The number of thioether (sulfide) groups is 2. The average molecular weight is 402 g/mol. The average Bonchev–Trinajstić information content (AvgIpc) is 2.68. The first kappa shape index (κ1) is 19.6. The molecule has 1 nitrogen and oxygen atoms in total. The van der Waals surface area contributed by atoms with Gasteiger partial charge in [-0.05, 0) is 60.6 Å². The molecule has 0 aromatic heterocycles. The number of nitrogens with zero attached hydrogens (tertiary/aromatic N) is 1. The van der Waals surface area contributed by atoms with Crippen molar-refractivity contribution in [2.24, 2.45) is 10.9 Å². The minimum atomic E-state index is 0.727. The summed E-state index contributed by atoms with van der Waals surface area (Å²) >= 11 is 9.71. The van der Waals surface area contributed by atoms with Crippen LogP contribution in [0, 0.1) is 5.92 Å². The van der Waals surface area contributed by atoms with E-state index < -0.39 is 0 Å². The van der Waals surface area contributed by atoms with Crippen molar-refractivity contribution in [3.63, 3.8) is 0 Å². The molecule has 0 atom stereocenters. The van der Waals surface area contributed by atoms with Gasteiger partial charge in [0.15, 0.2) is 0 Å². The molecule has 1 aliphatic carbocycles. The van der Waals surface area contributed by atoms with Crippen LogP contribution in [0.25, 0.3) is 0 Å². The maximum Gasteiger partial charge on any atom is 0.0972 e. The first-order valence-electron chi connectivity index (χ1n) is 9.15. The van der Waals surface area contributed by atoms with Gasteiger partial charge in [0.25, 0.3) is 0 Å². The van der Waals surface area contributed by atoms with Gasteiger partial charge >= 0.3 is 0 Å². The van der Waals surface area contributed by atoms with Gasteiger partial charge in [-0.1, -0.05) is 66.9 Å². The summed E-state index contributed by atoms with van der Waals surface area (Å²) in [5, 5.41) is 3.92. The molecule has 1 fully saturated rings. The van der Waals surface area contributed by atoms with Crippen LogP contribution >= 0.6 is 35.1 Å². The summed E-state index contributed by atoms with van der Waals surface area (Å²) in [6.07, 6.45) is 9.02. The van der Waals surface area contributed by atoms with Crippen molar-refractivity contribution in [2.45, 2.75) is 37.0 Å². The minimum absolute atomic E-state index is 0.727. The lowest BCUT2D eigenvalue weighted by atomic mass is 9.91. The Morgan fingerprint density at radius 3 is 2.62 bits per heavy atom. The molecular formula is C22H24ClNS2. The van der Waals surface area contributed by atoms with Crippen molar-refractivity contribution in [1.82, 2.24) is 0 Å². The molecule has 0 saturated heterocycles. The van der Waals surface area contributed by atoms with Crippen LogP contribution in [0.3, 0.4) is 0 Å². The number of hydrogen-bond acceptors (Lipinski definition) is 3. The fourth-order valence-electron chi connectivity index (χ4n) is 3.02. The number of benzene rings is 2. The molecule has 0 radical (unpaired) electrons. The normalized spacial score (nSPS) is 16.3. The third-order valence-electron chi connectivity index (χ3n) is 4.40. The van der Waals surface area contributed by atoms with Crippen LogP contribution in [-0.4, -0.2) is 10.8 Å². The Bertz CT molecular complexity index is 737. The molecule has 2 aromatic rings. The lowest BCUT2D eigenvalue weighted by Gasteiger charge is -2.20. The van der Waals surface area contributed by atoms with Crippen molar-refractivity contribution in [2.75, 3.05) is 5.75 Å². The van der Waals surface area contributed by atoms with E-state index in [-0.39, 0.29) is 0 Å². The quantitative estimate of drug-likeness (QED) is 0.276. The van der Waals surface area contributed by atoms with Crippen molar-refractivity contribution >= 4 is 45.9 Å². The zero-order chi connectivity index (χ0) is 18.0. The topological polar surface area (TPSA) is 12.4 Å². The van der Waals surface area contributed by atoms with Gasteiger partial charge in [0.2, 0.25) is 0 Å². The Labute approximate surface area is 170 Å². The highest BCUT2D eigenvalue weighted by Gasteiger charge is 2.14. The van der Waals surface area contributed by atoms with Crippen LogP contribution in [0.4, 0.5) is 5.69 Å². The maximum absolute atomic E-state index is 6.11. The van der Waals surface area contributed by atoms with E-state index >= 15 is 0 Å². The van der Waals surface area contributed by atoms with Gasteiger partial charge in [0.05, 0.1) is 10.7 Å². The van der Waals surface area contributed by atoms with E-state index in [0.29, 0.717) is 0 Å². The molecule has 1 saturated carbocycles. The Morgan fingerprint density at radius 1 is 1.04 bits per heavy atom. The number of halogens is 1. The van der Waals surface area contributed by atoms with Crippen LogP contribution in [0.15, 0.2) is 76.0 Å². The van der Waals surface area contributed by atoms with Gasteiger partial charge in [0, 0.05) is 15.7 Å². The molecule has 0 spiro atoms. The van der Waals surface area contributed by atoms with E-state index in [9.17, 15) is 0 Å². The molecule has 2 aromatic carbocycles. The molecule has 0 aliphatic heterocycles. The van der Waals surface area contributed by atoms with Crippen molar-refractivity contribution in [3.05, 3.63) is 71.1 Å². The highest BCUT2D eigenvalue weighted by molar-refractivity contribution is 8.14. The summed E-state index contributed by atoms with van der Waals surface area (Å²) in [5.41, 5.74) is 0.915. The Balaban J connectivity index is 1.67. The second-order valence-corrected chi connectivity index (χ2v) is 8.93. The third-order valence-corrected chi connectivity index (χ3v) is 6.61. The Kier molecular flexibility index (Phi) is 8.19. The fraction of sp³-hybridized carbons (Fsp3) is 0.318. The predicted molar refractivity (Wildman–Crippen MR) is 119 cm³/mol. The molecule has 1 aliphatic rings. The van der Waals surface area contributed by atoms with Crippen LogP contribution in [0.5, 0.6) is 0 Å². The zero-order valence-corrected chi connectivity index (χ0v) is 17.2. The standard InChI is InChI=1S/C22H24ClNS2/c23-19-10-7-11-20(16-19)24-22(26-17-18-8-3-1-4-9-18)14-15-25-21-12-5-2-6-13-21/h2,5-7,10-16,18H,1,3-4,8-9,17H2. The lowest BCUT2D eigenvalue weighted by Crippen LogP contribution is -2.09. The molecule has 4 heteroatoms. The molecule has 0 bridgehead atoms. The summed E-state index contributed by atoms with van der Waals surface area (Å²) in [5.74, 6) is 1.98. The van der Waals surface area contributed by atoms with Gasteiger partial charge in [-0.2, -0.15) is 0 Å². The van der Waals surface area contributed by atoms with Crippen LogP contribution in [0.1, 0.15) is 32.1 Å². The minimum Gasteiger partial charge on any atom is -0.242 e. The second kappa shape index (κ2) is 10.9. The summed E-state index contributed by atoms with van der Waals surface area (Å²) in [7, 11) is 0. The molecule has 0 N–H and O–H groups in total. The SMILES string of the molecule is Clc1cccc(N=C(C=CSc2ccccc2)SCC2CCCCC2)c1. The number of aliphatic imine (C=N–C) groups is 1. The third kappa shape index (κ3) is 6.86. The highest BCUT2D eigenvalue weighted by Crippen LogP contribution is 2.29. The fourth-order valence-corrected chi connectivity index (χ4v) is 5.03. The van der Waals surface area contributed by atoms with Crippen LogP contribution in [-0.2, 0) is 0 Å². The van der Waals surface area contributed by atoms with Crippen LogP contribution in [0.2, 0.25) is 5.02 Å². The molecule has 0 unspecified atom stereocenters. The summed E-state index contributed by atoms with van der Waals surface area (Å²) in [4.78, 5) is 6.07. The zero-order valence-electron chi connectivity index (χ0n) is 14.8. The van der Waals surface area contributed by atoms with Gasteiger partial charge in [-0.25, -0.2) is 4.99 Å². The van der Waals surface area contributed by atoms with E-state index in [1.807, 2.05) is 42.1 Å². The molecular weight excluding hydrogens is 378 g/mol. The summed E-state index contributed by atoms with van der Waals surface area (Å²) in [6.45, 7) is 0. The summed E-state index contributed by atoms with van der Waals surface area (Å²) < 4.78 is 0. The molecule has 136 valence electrons. The highest BCUT2D eigenvalue weighted by atomic mass is 35.5. The summed E-state index contributed by atoms with van der Waals surface area (Å²) in [6, 6.07) is 18.2. The van der Waals surface area contributed by atoms with Crippen LogP contribution < -0.4 is 0 Å². The Hall–Kier alpha value is -1.16. The van der Waals surface area contributed by atoms with Gasteiger partial charge in [-0.3, -0.25) is 0 Å². The van der Waals surface area contributed by atoms with Gasteiger partial charge in [0.1, 0.15) is 0 Å². The lowest BCUT2D eigenvalue weighted by molar-refractivity contribution is 0.391. The first-order chi connectivity index (χ1) is 12.8. The van der Waals surface area contributed by atoms with E-state index in [4.69, 9.17) is 16.6 Å². The van der Waals surface area contributed by atoms with E-state index in [1.54, 1.807) is 11.8 Å². The maximum atomic E-state index is 6.11. The predicted octanol–water partition coefficient (Wildman–Crippen LogP) is 7.99. The number of hydrogen-bond donors (Lipinski definition) is 0. The largest absolute Gasteiger partial charge is 0.242 e. The molecule has 3 rings (SSSR count). The first-order valence-corrected chi connectivity index (χ1v) is 11.4. The second-order valence-electron chi connectivity index (χ2n) is 6.48. The van der Waals surface area contributed by atoms with E-state index in [0.717, 1.165) is 27.4 Å². The number of rotatable bonds is 6.